The molecule has 3 nitrogen and oxygen atoms in total. The first-order valence-corrected chi connectivity index (χ1v) is 3.45. The molecule has 0 aliphatic rings. The van der Waals surface area contributed by atoms with Crippen LogP contribution in [0.25, 0.3) is 0 Å². The third-order valence-electron chi connectivity index (χ3n) is 1.47. The predicted octanol–water partition coefficient (Wildman–Crippen LogP) is -0.259. The quantitative estimate of drug-likeness (QED) is 0.372. The summed E-state index contributed by atoms with van der Waals surface area (Å²) in [5.41, 5.74) is 6.24. The maximum atomic E-state index is 9.04. The molecule has 4 N–H and O–H groups in total. The molecule has 13 heavy (non-hydrogen) atoms. The van der Waals surface area contributed by atoms with Crippen molar-refractivity contribution in [3.05, 3.63) is 23.8 Å². The van der Waals surface area contributed by atoms with E-state index in [0.29, 0.717) is 13.0 Å². The van der Waals surface area contributed by atoms with Crippen molar-refractivity contribution in [1.29, 1.82) is 0 Å². The zero-order valence-electron chi connectivity index (χ0n) is 6.83. The molecule has 1 aromatic carbocycles. The summed E-state index contributed by atoms with van der Waals surface area (Å²) in [6.45, 7) is 0.546. The van der Waals surface area contributed by atoms with Crippen molar-refractivity contribution in [3.8, 4) is 11.5 Å². The van der Waals surface area contributed by atoms with Gasteiger partial charge in [0, 0.05) is 0 Å². The first-order chi connectivity index (χ1) is 5.24. The molecule has 0 saturated carbocycles. The van der Waals surface area contributed by atoms with Crippen LogP contribution in [-0.2, 0) is 6.42 Å². The van der Waals surface area contributed by atoms with Crippen LogP contribution in [0.3, 0.4) is 0 Å². The standard InChI is InChI=1S/C8H11NO2.Ca.H3P.2H/c9-4-3-6-1-2-7(10)8(11)5-6;;;;/h1-2,5,10-11H,3-4,9H2;;1H3;;. The van der Waals surface area contributed by atoms with Crippen molar-refractivity contribution in [1.82, 2.24) is 0 Å². The van der Waals surface area contributed by atoms with Crippen LogP contribution < -0.4 is 5.73 Å². The van der Waals surface area contributed by atoms with E-state index >= 15 is 0 Å². The molecule has 0 fully saturated rings. The molecular weight excluding hydrogens is 213 g/mol. The first kappa shape index (κ1) is 15.9. The molecule has 0 spiro atoms. The third-order valence-corrected chi connectivity index (χ3v) is 1.47. The molecule has 1 atom stereocenters. The Bertz CT molecular complexity index is 258. The van der Waals surface area contributed by atoms with E-state index < -0.39 is 0 Å². The van der Waals surface area contributed by atoms with Crippen LogP contribution in [0.15, 0.2) is 18.2 Å². The Morgan fingerprint density at radius 3 is 2.23 bits per heavy atom. The average Bonchev–Trinajstić information content (AvgIpc) is 1.98. The Kier molecular flexibility index (Phi) is 9.60. The van der Waals surface area contributed by atoms with Gasteiger partial charge in [0.15, 0.2) is 11.5 Å². The molecule has 0 saturated heterocycles. The predicted molar refractivity (Wildman–Crippen MR) is 62.2 cm³/mol. The summed E-state index contributed by atoms with van der Waals surface area (Å²) in [7, 11) is 0. The Hall–Kier alpha value is 0.470. The fraction of sp³-hybridized carbons (Fsp3) is 0.250. The summed E-state index contributed by atoms with van der Waals surface area (Å²) in [6.07, 6.45) is 0.716. The first-order valence-electron chi connectivity index (χ1n) is 3.45. The molecule has 0 bridgehead atoms. The summed E-state index contributed by atoms with van der Waals surface area (Å²) in [5.74, 6) is -0.179. The van der Waals surface area contributed by atoms with Crippen LogP contribution in [-0.4, -0.2) is 54.5 Å². The van der Waals surface area contributed by atoms with Gasteiger partial charge in [-0.3, -0.25) is 0 Å². The Balaban J connectivity index is 0. The summed E-state index contributed by atoms with van der Waals surface area (Å²) in [4.78, 5) is 0. The van der Waals surface area contributed by atoms with Gasteiger partial charge >= 0.3 is 37.7 Å². The summed E-state index contributed by atoms with van der Waals surface area (Å²) < 4.78 is 0. The second kappa shape index (κ2) is 7.84. The van der Waals surface area contributed by atoms with E-state index in [1.54, 1.807) is 6.07 Å². The number of phenolic OH excluding ortho intramolecular Hbond substituents is 2. The molecule has 0 radical (unpaired) electrons. The molecule has 1 unspecified atom stereocenters. The van der Waals surface area contributed by atoms with Gasteiger partial charge in [-0.05, 0) is 30.7 Å². The molecule has 0 amide bonds. The number of hydrogen-bond acceptors (Lipinski definition) is 3. The second-order valence-electron chi connectivity index (χ2n) is 2.36. The van der Waals surface area contributed by atoms with Crippen LogP contribution in [0.2, 0.25) is 0 Å². The van der Waals surface area contributed by atoms with Crippen LogP contribution in [0, 0.1) is 0 Å². The van der Waals surface area contributed by atoms with E-state index in [1.807, 2.05) is 0 Å². The van der Waals surface area contributed by atoms with E-state index in [0.717, 1.165) is 5.56 Å². The Morgan fingerprint density at radius 1 is 1.15 bits per heavy atom. The van der Waals surface area contributed by atoms with Gasteiger partial charge < -0.3 is 15.9 Å². The second-order valence-corrected chi connectivity index (χ2v) is 2.36. The van der Waals surface area contributed by atoms with Gasteiger partial charge in [-0.15, -0.1) is 0 Å². The van der Waals surface area contributed by atoms with Crippen molar-refractivity contribution < 1.29 is 10.2 Å². The van der Waals surface area contributed by atoms with E-state index in [4.69, 9.17) is 15.9 Å². The number of aromatic hydroxyl groups is 2. The van der Waals surface area contributed by atoms with Crippen molar-refractivity contribution in [2.75, 3.05) is 6.54 Å². The van der Waals surface area contributed by atoms with Gasteiger partial charge in [0.25, 0.3) is 0 Å². The fourth-order valence-electron chi connectivity index (χ4n) is 0.891. The van der Waals surface area contributed by atoms with Crippen molar-refractivity contribution in [3.63, 3.8) is 0 Å². The van der Waals surface area contributed by atoms with Gasteiger partial charge in [0.2, 0.25) is 0 Å². The molecule has 1 aromatic rings. The monoisotopic (exact) mass is 229 g/mol. The van der Waals surface area contributed by atoms with E-state index in [1.165, 1.54) is 12.1 Å². The number of rotatable bonds is 2. The Labute approximate surface area is 111 Å². The van der Waals surface area contributed by atoms with Crippen molar-refractivity contribution in [2.45, 2.75) is 6.42 Å². The molecule has 5 heteroatoms. The Morgan fingerprint density at radius 2 is 1.77 bits per heavy atom. The van der Waals surface area contributed by atoms with Crippen molar-refractivity contribution in [2.24, 2.45) is 5.73 Å². The van der Waals surface area contributed by atoms with E-state index in [-0.39, 0.29) is 59.1 Å². The van der Waals surface area contributed by atoms with Crippen LogP contribution >= 0.6 is 9.90 Å². The molecule has 72 valence electrons. The normalized spacial score (nSPS) is 8.38. The van der Waals surface area contributed by atoms with Gasteiger partial charge in [-0.1, -0.05) is 6.07 Å². The molecule has 0 heterocycles. The molecule has 1 rings (SSSR count). The number of phenols is 2. The maximum absolute atomic E-state index is 9.04. The van der Waals surface area contributed by atoms with Crippen LogP contribution in [0.4, 0.5) is 0 Å². The van der Waals surface area contributed by atoms with Gasteiger partial charge in [0.05, 0.1) is 0 Å². The minimum absolute atomic E-state index is 0. The minimum atomic E-state index is -0.0919. The van der Waals surface area contributed by atoms with Gasteiger partial charge in [-0.25, -0.2) is 0 Å². The molecule has 0 aliphatic heterocycles. The van der Waals surface area contributed by atoms with Crippen LogP contribution in [0.1, 0.15) is 5.56 Å². The molecular formula is C8H16CaNO2P. The topological polar surface area (TPSA) is 66.5 Å². The number of benzene rings is 1. The van der Waals surface area contributed by atoms with Crippen molar-refractivity contribution >= 4 is 47.6 Å². The third kappa shape index (κ3) is 5.04. The zero-order chi connectivity index (χ0) is 8.27. The average molecular weight is 229 g/mol. The SMILES string of the molecule is NCCc1ccc(O)c(O)c1.P.[CaH2]. The number of hydrogen-bond donors (Lipinski definition) is 3. The van der Waals surface area contributed by atoms with Crippen LogP contribution in [0.5, 0.6) is 11.5 Å². The number of nitrogens with two attached hydrogens (primary N) is 1. The molecule has 0 aromatic heterocycles. The van der Waals surface area contributed by atoms with Gasteiger partial charge in [-0.2, -0.15) is 9.90 Å². The van der Waals surface area contributed by atoms with E-state index in [2.05, 4.69) is 0 Å². The van der Waals surface area contributed by atoms with Gasteiger partial charge in [0.1, 0.15) is 0 Å². The molecule has 0 aliphatic carbocycles. The fourth-order valence-corrected chi connectivity index (χ4v) is 0.891. The summed E-state index contributed by atoms with van der Waals surface area (Å²) in [6, 6.07) is 4.71. The summed E-state index contributed by atoms with van der Waals surface area (Å²) in [5, 5.41) is 18.0. The van der Waals surface area contributed by atoms with E-state index in [9.17, 15) is 0 Å². The summed E-state index contributed by atoms with van der Waals surface area (Å²) >= 11 is 0. The zero-order valence-corrected chi connectivity index (χ0v) is 8.24.